The van der Waals surface area contributed by atoms with Crippen molar-refractivity contribution in [3.05, 3.63) is 71.9 Å². The van der Waals surface area contributed by atoms with Gasteiger partial charge in [0.2, 0.25) is 82.7 Å². The second kappa shape index (κ2) is 43.8. The summed E-state index contributed by atoms with van der Waals surface area (Å²) in [5.41, 5.74) is 24.7. The highest BCUT2D eigenvalue weighted by atomic mass is 33.1. The van der Waals surface area contributed by atoms with Gasteiger partial charge in [-0.2, -0.15) is 0 Å². The fourth-order valence-corrected chi connectivity index (χ4v) is 16.7. The number of aromatic amines is 1. The minimum Gasteiger partial charge on any atom is -0.481 e. The van der Waals surface area contributed by atoms with Crippen molar-refractivity contribution in [1.29, 1.82) is 0 Å². The summed E-state index contributed by atoms with van der Waals surface area (Å²) in [6.07, 6.45) is 2.62. The van der Waals surface area contributed by atoms with Gasteiger partial charge in [0, 0.05) is 67.6 Å². The average Bonchev–Trinajstić information content (AvgIpc) is 1.68. The van der Waals surface area contributed by atoms with Gasteiger partial charge in [0.25, 0.3) is 0 Å². The molecule has 2 bridgehead atoms. The number of benzene rings is 2. The van der Waals surface area contributed by atoms with E-state index in [1.807, 2.05) is 0 Å². The molecule has 0 spiro atoms. The fourth-order valence-electron chi connectivity index (χ4n) is 14.4. The van der Waals surface area contributed by atoms with Crippen molar-refractivity contribution >= 4 is 127 Å². The Hall–Kier alpha value is -10.1. The number of H-pyrrole nitrogens is 1. The molecule has 0 unspecified atom stereocenters. The Morgan fingerprint density at radius 3 is 1.64 bits per heavy atom. The maximum absolute atomic E-state index is 15.5. The minimum absolute atomic E-state index is 0.00431. The molecule has 1 aromatic heterocycles. The van der Waals surface area contributed by atoms with Gasteiger partial charge in [0.1, 0.15) is 78.5 Å². The van der Waals surface area contributed by atoms with Crippen LogP contribution in [0.5, 0.6) is 0 Å². The molecule has 6 heterocycles. The zero-order valence-electron chi connectivity index (χ0n) is 63.6. The van der Waals surface area contributed by atoms with E-state index in [-0.39, 0.29) is 122 Å². The summed E-state index contributed by atoms with van der Waals surface area (Å²) >= 11 is 0. The van der Waals surface area contributed by atoms with E-state index in [0.29, 0.717) is 54.1 Å². The number of aliphatic hydroxyl groups excluding tert-OH is 1. The smallest absolute Gasteiger partial charge is 0.305 e. The third-order valence-electron chi connectivity index (χ3n) is 20.7. The van der Waals surface area contributed by atoms with Crippen LogP contribution in [0.25, 0.3) is 10.9 Å². The monoisotopic (exact) mass is 1610 g/mol. The number of fused-ring (bicyclic) bond motifs is 9. The number of hydrogen-bond donors (Lipinski definition) is 18. The van der Waals surface area contributed by atoms with Crippen molar-refractivity contribution in [3.8, 4) is 0 Å². The van der Waals surface area contributed by atoms with Crippen molar-refractivity contribution in [2.45, 2.75) is 208 Å². The largest absolute Gasteiger partial charge is 0.481 e. The van der Waals surface area contributed by atoms with Crippen LogP contribution < -0.4 is 81.4 Å². The fraction of sp³-hybridized carbons (Fsp3) is 0.595. The molecule has 0 aliphatic carbocycles. The van der Waals surface area contributed by atoms with E-state index in [9.17, 15) is 48.6 Å². The van der Waals surface area contributed by atoms with Crippen LogP contribution in [0.1, 0.15) is 128 Å². The molecule has 0 radical (unpaired) electrons. The second-order valence-corrected chi connectivity index (χ2v) is 31.4. The van der Waals surface area contributed by atoms with Gasteiger partial charge in [-0.1, -0.05) is 90.4 Å². The first-order chi connectivity index (χ1) is 54.2. The number of nitrogens with one attached hydrogen (secondary N) is 12. The van der Waals surface area contributed by atoms with Crippen molar-refractivity contribution in [2.75, 3.05) is 63.9 Å². The van der Waals surface area contributed by atoms with Crippen LogP contribution in [-0.4, -0.2) is 267 Å². The molecule has 113 heavy (non-hydrogen) atoms. The number of hydrogen-bond acceptors (Lipinski definition) is 21. The van der Waals surface area contributed by atoms with Crippen LogP contribution >= 0.6 is 21.6 Å². The molecule has 5 fully saturated rings. The lowest BCUT2D eigenvalue weighted by atomic mass is 9.97. The summed E-state index contributed by atoms with van der Waals surface area (Å²) in [5, 5.41) is 50.7. The standard InChI is InChI=1S/C74H108N20O17S2/c1-3-41(2)60-70(108)90-54-40-113-112-39-53(89-62(100)46(23-13-29-79-74(77)78)82-58(96)37-81-61(99)50(35-59(97)98)86-68(106)55-24-14-30-92(55)72(110)51(87-67(54)105)33-42-17-5-4-6-18-42)66(104)85-49(34-43-36-80-45-20-8-7-19-44(43)45)64(102)83-47(21-9-11-27-75)63(101)88-52(38-95)65(103)84-48(22-10-12-28-76)71(109)94-32-16-26-57(94)73(111)93-31-15-25-56(93)69(107)91-60/h4-8,17-20,36,41,46-57,60,80,95H,3,9-16,21-35,37-40,75-76H2,1-2H3,(H,81,99)(H,82,96)(H,83,102)(H,84,103)(H,85,104)(H,86,106)(H,87,105)(H,88,101)(H,89,100)(H,90,108)(H,91,107)(H,97,98)(H4,77,78,79)/t41-,46-,47-,48-,49-,50-,51-,52-,53-,54-,55-,56-,57-,60-/m0/s1. The Labute approximate surface area is 661 Å². The molecule has 22 N–H and O–H groups in total. The summed E-state index contributed by atoms with van der Waals surface area (Å²) in [6, 6.07) is -4.02. The van der Waals surface area contributed by atoms with Crippen molar-refractivity contribution in [3.63, 3.8) is 0 Å². The Balaban J connectivity index is 1.26. The molecule has 39 heteroatoms. The number of guanidine groups is 1. The van der Waals surface area contributed by atoms with Crippen LogP contribution in [0.2, 0.25) is 0 Å². The van der Waals surface area contributed by atoms with Gasteiger partial charge in [-0.15, -0.1) is 0 Å². The highest BCUT2D eigenvalue weighted by Gasteiger charge is 2.47. The number of nitrogens with two attached hydrogens (primary N) is 4. The maximum atomic E-state index is 15.5. The zero-order chi connectivity index (χ0) is 81.8. The summed E-state index contributed by atoms with van der Waals surface area (Å²) in [7, 11) is 1.79. The first kappa shape index (κ1) is 88.4. The number of carboxylic acid groups (broad SMARTS) is 1. The van der Waals surface area contributed by atoms with Gasteiger partial charge in [-0.25, -0.2) is 0 Å². The number of aromatic nitrogens is 1. The number of aliphatic imine (C=N–C) groups is 1. The number of carboxylic acids is 1. The van der Waals surface area contributed by atoms with Crippen molar-refractivity contribution < 1.29 is 82.1 Å². The number of aliphatic carboxylic acids is 1. The molecule has 5 saturated heterocycles. The van der Waals surface area contributed by atoms with Gasteiger partial charge in [-0.05, 0) is 126 Å². The van der Waals surface area contributed by atoms with E-state index in [4.69, 9.17) is 22.9 Å². The molecule has 3 aromatic rings. The predicted octanol–water partition coefficient (Wildman–Crippen LogP) is -3.88. The third-order valence-corrected chi connectivity index (χ3v) is 23.1. The topological polar surface area (TPSA) is 571 Å². The first-order valence-corrected chi connectivity index (χ1v) is 41.1. The van der Waals surface area contributed by atoms with Crippen LogP contribution in [0.3, 0.4) is 0 Å². The van der Waals surface area contributed by atoms with Crippen LogP contribution in [-0.2, 0) is 84.8 Å². The Bertz CT molecular complexity index is 3910. The lowest BCUT2D eigenvalue weighted by Crippen LogP contribution is -2.61. The summed E-state index contributed by atoms with van der Waals surface area (Å²) in [6.45, 7) is 1.93. The number of aliphatic hydroxyl groups is 1. The van der Waals surface area contributed by atoms with E-state index in [1.165, 1.54) is 14.7 Å². The molecule has 14 amide bonds. The van der Waals surface area contributed by atoms with E-state index in [2.05, 4.69) is 68.5 Å². The van der Waals surface area contributed by atoms with Crippen molar-refractivity contribution in [2.24, 2.45) is 33.8 Å². The molecule has 5 aliphatic rings. The number of para-hydroxylation sites is 1. The zero-order valence-corrected chi connectivity index (χ0v) is 65.2. The van der Waals surface area contributed by atoms with E-state index >= 15 is 33.6 Å². The quantitative estimate of drug-likeness (QED) is 0.0210. The summed E-state index contributed by atoms with van der Waals surface area (Å²) < 4.78 is 0. The van der Waals surface area contributed by atoms with E-state index in [1.54, 1.807) is 74.6 Å². The molecule has 8 rings (SSSR count). The number of nitrogens with zero attached hydrogens (tertiary/aromatic N) is 4. The van der Waals surface area contributed by atoms with Crippen LogP contribution in [0.4, 0.5) is 0 Å². The Morgan fingerprint density at radius 2 is 1.02 bits per heavy atom. The maximum Gasteiger partial charge on any atom is 0.305 e. The predicted molar refractivity (Wildman–Crippen MR) is 418 cm³/mol. The molecule has 37 nitrogen and oxygen atoms in total. The highest BCUT2D eigenvalue weighted by Crippen LogP contribution is 2.29. The number of carbonyl (C=O) groups excluding carboxylic acids is 14. The Kier molecular flexibility index (Phi) is 34.3. The normalized spacial score (nSPS) is 26.8. The minimum atomic E-state index is -1.85. The SMILES string of the molecule is CC[C@H](C)[C@@H]1NC(=O)[C@@H]2CCCN2C(=O)[C@@H]2CCCN2C(=O)[C@H](CCCCN)NC(=O)[C@H](CO)NC(=O)[C@H](CCCCN)NC(=O)[C@H](Cc2c[nH]c3ccccc23)NC(=O)[C@@H]2CSSC[C@H](NC1=O)C(=O)N[C@@H](Cc1ccccc1)C(=O)N1CCC[C@H]1C(=O)N[C@@H](CC(=O)O)C(=O)NCC(=O)N[C@@H](CCCN=C(N)N)C(=O)N2. The molecule has 0 saturated carbocycles. The Morgan fingerprint density at radius 1 is 0.522 bits per heavy atom. The van der Waals surface area contributed by atoms with Gasteiger partial charge in [0.15, 0.2) is 5.96 Å². The van der Waals surface area contributed by atoms with Crippen LogP contribution in [0.15, 0.2) is 65.8 Å². The summed E-state index contributed by atoms with van der Waals surface area (Å²) in [5.74, 6) is -16.1. The third kappa shape index (κ3) is 25.2. The van der Waals surface area contributed by atoms with E-state index < -0.39 is 204 Å². The second-order valence-electron chi connectivity index (χ2n) is 28.9. The number of unbranched alkanes of at least 4 members (excludes halogenated alkanes) is 2. The summed E-state index contributed by atoms with van der Waals surface area (Å²) in [4.78, 5) is 232. The highest BCUT2D eigenvalue weighted by molar-refractivity contribution is 8.76. The van der Waals surface area contributed by atoms with Gasteiger partial charge < -0.3 is 111 Å². The molecule has 2 aromatic carbocycles. The molecule has 5 aliphatic heterocycles. The van der Waals surface area contributed by atoms with Crippen LogP contribution in [0, 0.1) is 5.92 Å². The molecular weight excluding hydrogens is 1510 g/mol. The first-order valence-electron chi connectivity index (χ1n) is 38.6. The van der Waals surface area contributed by atoms with Gasteiger partial charge >= 0.3 is 5.97 Å². The van der Waals surface area contributed by atoms with Crippen molar-refractivity contribution in [1.82, 2.24) is 78.2 Å². The number of rotatable bonds is 21. The van der Waals surface area contributed by atoms with Gasteiger partial charge in [-0.3, -0.25) is 76.9 Å². The average molecular weight is 1610 g/mol. The lowest BCUT2D eigenvalue weighted by Gasteiger charge is -2.34. The number of carbonyl (C=O) groups is 15. The van der Waals surface area contributed by atoms with Gasteiger partial charge in [0.05, 0.1) is 19.6 Å². The molecule has 14 atom stereocenters. The number of amides is 14. The van der Waals surface area contributed by atoms with E-state index in [0.717, 1.165) is 21.6 Å². The molecular formula is C74H108N20O17S2. The molecule has 618 valence electrons. The lowest BCUT2D eigenvalue weighted by molar-refractivity contribution is -0.148.